The predicted octanol–water partition coefficient (Wildman–Crippen LogP) is 20.4. The molecule has 0 aliphatic carbocycles. The first-order valence-corrected chi connectivity index (χ1v) is 36.7. The third-order valence-corrected chi connectivity index (χ3v) is 17.1. The lowest BCUT2D eigenvalue weighted by Crippen LogP contribution is -2.20. The van der Waals surface area contributed by atoms with Crippen LogP contribution in [0.15, 0.2) is 104 Å². The van der Waals surface area contributed by atoms with E-state index in [2.05, 4.69) is 253 Å². The van der Waals surface area contributed by atoms with Gasteiger partial charge in [-0.2, -0.15) is 0 Å². The van der Waals surface area contributed by atoms with Crippen LogP contribution in [0.2, 0.25) is 0 Å². The summed E-state index contributed by atoms with van der Waals surface area (Å²) in [7, 11) is 11.4. The monoisotopic (exact) mass is 1540 g/mol. The molecule has 0 fully saturated rings. The zero-order chi connectivity index (χ0) is 80.6. The second-order valence-corrected chi connectivity index (χ2v) is 34.3. The molecular formula is C92H146N18O2. The topological polar surface area (TPSA) is 284 Å². The number of nitrogen functional groups attached to an aromatic ring is 4. The molecule has 8 N–H and O–H groups in total. The van der Waals surface area contributed by atoms with E-state index in [1.165, 1.54) is 33.4 Å². The van der Waals surface area contributed by atoms with Gasteiger partial charge in [-0.05, 0) is 134 Å². The maximum Gasteiger partial charge on any atom is 0.220 e. The summed E-state index contributed by atoms with van der Waals surface area (Å²) in [5, 5.41) is 2.20. The number of anilines is 4. The van der Waals surface area contributed by atoms with Crippen molar-refractivity contribution >= 4 is 45.6 Å². The molecule has 0 aliphatic rings. The Morgan fingerprint density at radius 3 is 0.938 bits per heavy atom. The summed E-state index contributed by atoms with van der Waals surface area (Å²) in [6.07, 6.45) is 4.35. The van der Waals surface area contributed by atoms with Crippen LogP contribution >= 0.6 is 0 Å². The van der Waals surface area contributed by atoms with Gasteiger partial charge in [0.2, 0.25) is 23.8 Å². The van der Waals surface area contributed by atoms with Gasteiger partial charge in [0, 0.05) is 91.0 Å². The van der Waals surface area contributed by atoms with Crippen LogP contribution in [0.25, 0.3) is 21.8 Å². The fraction of sp³-hybridized carbons (Fsp3) is 0.500. The highest BCUT2D eigenvalue weighted by Gasteiger charge is 2.27. The Morgan fingerprint density at radius 1 is 0.357 bits per heavy atom. The van der Waals surface area contributed by atoms with Crippen LogP contribution in [0.5, 0.6) is 11.5 Å². The van der Waals surface area contributed by atoms with Crippen LogP contribution in [0.1, 0.15) is 269 Å². The van der Waals surface area contributed by atoms with Gasteiger partial charge in [0.1, 0.15) is 23.1 Å². The normalized spacial score (nSPS) is 11.3. The second-order valence-electron chi connectivity index (χ2n) is 34.3. The van der Waals surface area contributed by atoms with Crippen molar-refractivity contribution in [1.82, 2.24) is 69.6 Å². The van der Waals surface area contributed by atoms with Gasteiger partial charge < -0.3 is 42.2 Å². The molecule has 10 aromatic rings. The lowest BCUT2D eigenvalue weighted by molar-refractivity contribution is 0.388. The summed E-state index contributed by atoms with van der Waals surface area (Å²) in [4.78, 5) is 57.4. The van der Waals surface area contributed by atoms with E-state index < -0.39 is 0 Å². The molecule has 20 heteroatoms. The Labute approximate surface area is 677 Å². The number of nitrogens with zero attached hydrogens (tertiary/aromatic N) is 14. The minimum atomic E-state index is -0.0398. The molecule has 0 saturated heterocycles. The maximum absolute atomic E-state index is 5.82. The molecule has 0 amide bonds. The van der Waals surface area contributed by atoms with Gasteiger partial charge in [-0.15, -0.1) is 6.58 Å². The van der Waals surface area contributed by atoms with Gasteiger partial charge in [0.05, 0.1) is 72.5 Å². The van der Waals surface area contributed by atoms with Gasteiger partial charge in [-0.3, -0.25) is 0 Å². The number of methoxy groups -OCH3 is 2. The highest BCUT2D eigenvalue weighted by Crippen LogP contribution is 2.34. The molecular weight excluding hydrogens is 1390 g/mol. The predicted molar refractivity (Wildman–Crippen MR) is 479 cm³/mol. The van der Waals surface area contributed by atoms with E-state index in [0.29, 0.717) is 23.8 Å². The van der Waals surface area contributed by atoms with E-state index in [-0.39, 0.29) is 69.6 Å². The molecule has 10 rings (SSSR count). The van der Waals surface area contributed by atoms with Gasteiger partial charge in [0.25, 0.3) is 0 Å². The van der Waals surface area contributed by atoms with Crippen LogP contribution in [-0.4, -0.2) is 112 Å². The molecule has 6 heterocycles. The number of aromatic nitrogens is 12. The number of hydrogen-bond donors (Lipinski definition) is 4. The molecule has 0 aliphatic heterocycles. The lowest BCUT2D eigenvalue weighted by Gasteiger charge is -2.23. The Hall–Kier alpha value is -9.66. The first kappa shape index (κ1) is 102. The third kappa shape index (κ3) is 30.8. The first-order valence-electron chi connectivity index (χ1n) is 36.7. The van der Waals surface area contributed by atoms with Crippen molar-refractivity contribution in [2.75, 3.05) is 65.3 Å². The van der Waals surface area contributed by atoms with Crippen LogP contribution in [0.3, 0.4) is 0 Å². The number of allylic oxidation sites excluding steroid dienone is 1. The fourth-order valence-electron chi connectivity index (χ4n) is 11.7. The maximum atomic E-state index is 5.82. The summed E-state index contributed by atoms with van der Waals surface area (Å²) >= 11 is 0. The zero-order valence-corrected chi connectivity index (χ0v) is 70.4. The average molecular weight is 1540 g/mol. The minimum Gasteiger partial charge on any atom is -0.497 e. The summed E-state index contributed by atoms with van der Waals surface area (Å²) in [5.74, 6) is 4.78. The number of nitrogens with two attached hydrogens (primary N) is 4. The van der Waals surface area contributed by atoms with Crippen molar-refractivity contribution in [3.05, 3.63) is 211 Å². The molecule has 6 aromatic heterocycles. The Bertz CT molecular complexity index is 4360. The number of benzene rings is 4. The van der Waals surface area contributed by atoms with Crippen molar-refractivity contribution in [2.24, 2.45) is 0 Å². The van der Waals surface area contributed by atoms with Crippen LogP contribution in [-0.2, 0) is 64.8 Å². The summed E-state index contributed by atoms with van der Waals surface area (Å²) in [6, 6.07) is 31.2. The summed E-state index contributed by atoms with van der Waals surface area (Å²) < 4.78 is 10.6. The first-order chi connectivity index (χ1) is 49.4. The van der Waals surface area contributed by atoms with Crippen molar-refractivity contribution in [2.45, 2.75) is 268 Å². The van der Waals surface area contributed by atoms with Crippen LogP contribution in [0.4, 0.5) is 23.8 Å². The van der Waals surface area contributed by atoms with Crippen molar-refractivity contribution in [3.8, 4) is 11.5 Å². The van der Waals surface area contributed by atoms with Gasteiger partial charge in [-0.25, -0.2) is 59.8 Å². The van der Waals surface area contributed by atoms with Gasteiger partial charge in [-0.1, -0.05) is 227 Å². The number of ether oxygens (including phenoxy) is 2. The summed E-state index contributed by atoms with van der Waals surface area (Å²) in [6.45, 7) is 56.1. The van der Waals surface area contributed by atoms with Gasteiger partial charge in [0.15, 0.2) is 0 Å². The highest BCUT2D eigenvalue weighted by molar-refractivity contribution is 5.84. The van der Waals surface area contributed by atoms with E-state index >= 15 is 0 Å². The molecule has 0 radical (unpaired) electrons. The molecule has 0 unspecified atom stereocenters. The standard InChI is InChI=1S/2C17H23N3.2C16H23N3O.C12H19N3.C9H15N3.5CH4/c2*1-11-6-8-13(9-7-11)10-14-12(2)19-16(18)20-15(14)17(3,4)5;2*1-16(2,3)15-12-8-7-11(20-6)9-13(12)17-14(18-15)10-19(4)5;1-6-7-9-8(2)14-11(13)15-10(9)12(3,4)5;1-6-5-7(9(2,3)4)12-8(10)11-6;;;;;/h2*6-9H,10H2,1-5H3,(H2,18,19,20);2*7-9H,10H2,1-6H3;6H,1,7H2,2-5H3,(H2,13,14,15);5H,1-4H3,(H2,10,11,12);5*1H4. The van der Waals surface area contributed by atoms with E-state index in [4.69, 9.17) is 42.4 Å². The molecule has 0 atom stereocenters. The van der Waals surface area contributed by atoms with E-state index in [0.717, 1.165) is 140 Å². The quantitative estimate of drug-likeness (QED) is 0.0827. The molecule has 616 valence electrons. The zero-order valence-electron chi connectivity index (χ0n) is 70.4. The number of fused-ring (bicyclic) bond motifs is 2. The highest BCUT2D eigenvalue weighted by atomic mass is 16.5. The Balaban J connectivity index is 0.00000132. The number of rotatable bonds is 12. The van der Waals surface area contributed by atoms with Crippen LogP contribution in [0, 0.1) is 41.5 Å². The largest absolute Gasteiger partial charge is 0.497 e. The lowest BCUT2D eigenvalue weighted by atomic mass is 9.86. The number of aryl methyl sites for hydroxylation is 6. The molecule has 0 bridgehead atoms. The molecule has 0 spiro atoms. The molecule has 0 saturated carbocycles. The van der Waals surface area contributed by atoms with Crippen molar-refractivity contribution in [3.63, 3.8) is 0 Å². The average Bonchev–Trinajstić information content (AvgIpc) is 0.792. The van der Waals surface area contributed by atoms with Gasteiger partial charge >= 0.3 is 0 Å². The summed E-state index contributed by atoms with van der Waals surface area (Å²) in [5.41, 5.74) is 43.4. The van der Waals surface area contributed by atoms with Crippen LogP contribution < -0.4 is 32.4 Å². The minimum absolute atomic E-state index is 0. The van der Waals surface area contributed by atoms with E-state index in [9.17, 15) is 0 Å². The molecule has 4 aromatic carbocycles. The molecule has 112 heavy (non-hydrogen) atoms. The fourth-order valence-corrected chi connectivity index (χ4v) is 11.7. The third-order valence-electron chi connectivity index (χ3n) is 17.1. The van der Waals surface area contributed by atoms with Crippen molar-refractivity contribution in [1.29, 1.82) is 0 Å². The Morgan fingerprint density at radius 2 is 0.661 bits per heavy atom. The Kier molecular flexibility index (Phi) is 39.1. The molecule has 20 nitrogen and oxygen atoms in total. The van der Waals surface area contributed by atoms with Crippen molar-refractivity contribution < 1.29 is 9.47 Å². The second kappa shape index (κ2) is 42.8. The smallest absolute Gasteiger partial charge is 0.220 e. The number of hydrogen-bond acceptors (Lipinski definition) is 20. The van der Waals surface area contributed by atoms with E-state index in [1.807, 2.05) is 104 Å². The van der Waals surface area contributed by atoms with E-state index in [1.54, 1.807) is 14.2 Å². The SMILES string of the molecule is C.C.C.C.C.C=CCc1c(C)nc(N)nc1C(C)(C)C.COc1ccc2c(C(C)(C)C)nc(CN(C)C)nc2c1.COc1ccc2c(C(C)(C)C)nc(CN(C)C)nc2c1.Cc1cc(C(C)(C)C)nc(N)n1.Cc1ccc(Cc2c(C)nc(N)nc2C(C)(C)C)cc1.Cc1ccc(Cc2c(C)nc(N)nc2C(C)(C)C)cc1.